The number of carbonyl (C=O) groups excluding carboxylic acids is 2. The van der Waals surface area contributed by atoms with E-state index < -0.39 is 18.4 Å². The number of fused-ring (bicyclic) bond motifs is 3. The van der Waals surface area contributed by atoms with E-state index in [9.17, 15) is 18.4 Å². The minimum Gasteiger partial charge on any atom is -0.435 e. The average Bonchev–Trinajstić information content (AvgIpc) is 3.19. The third kappa shape index (κ3) is 4.67. The highest BCUT2D eigenvalue weighted by atomic mass is 35.5. The maximum atomic E-state index is 13.6. The van der Waals surface area contributed by atoms with Crippen molar-refractivity contribution in [3.63, 3.8) is 0 Å². The summed E-state index contributed by atoms with van der Waals surface area (Å²) in [5.74, 6) is -0.670. The van der Waals surface area contributed by atoms with Crippen LogP contribution in [-0.2, 0) is 18.4 Å². The van der Waals surface area contributed by atoms with Crippen LogP contribution in [0.4, 0.5) is 14.6 Å². The minimum absolute atomic E-state index is 0.0954. The van der Waals surface area contributed by atoms with E-state index in [2.05, 4.69) is 14.8 Å². The van der Waals surface area contributed by atoms with Crippen LogP contribution in [0.3, 0.4) is 0 Å². The molecular weight excluding hydrogens is 482 g/mol. The summed E-state index contributed by atoms with van der Waals surface area (Å²) < 4.78 is 31.0. The Kier molecular flexibility index (Phi) is 6.44. The van der Waals surface area contributed by atoms with Gasteiger partial charge in [0, 0.05) is 37.0 Å². The Morgan fingerprint density at radius 2 is 1.94 bits per heavy atom. The fourth-order valence-electron chi connectivity index (χ4n) is 3.72. The summed E-state index contributed by atoms with van der Waals surface area (Å²) in [5.41, 5.74) is 8.06. The van der Waals surface area contributed by atoms with Crippen LogP contribution in [0.15, 0.2) is 42.6 Å². The van der Waals surface area contributed by atoms with E-state index in [0.29, 0.717) is 33.2 Å². The second-order valence-electron chi connectivity index (χ2n) is 7.80. The lowest BCUT2D eigenvalue weighted by atomic mass is 10.1. The van der Waals surface area contributed by atoms with Crippen molar-refractivity contribution in [2.45, 2.75) is 20.1 Å². The number of hydrazine groups is 1. The first-order valence-electron chi connectivity index (χ1n) is 10.4. The number of nitrogen functional groups attached to an aromatic ring is 1. The van der Waals surface area contributed by atoms with Gasteiger partial charge >= 0.3 is 6.61 Å². The Morgan fingerprint density at radius 3 is 2.60 bits per heavy atom. The molecular formula is C23H21ClF2N6O3. The molecule has 0 saturated heterocycles. The summed E-state index contributed by atoms with van der Waals surface area (Å²) in [7, 11) is 3.21. The number of aromatic nitrogens is 3. The van der Waals surface area contributed by atoms with Gasteiger partial charge in [0.2, 0.25) is 5.91 Å². The van der Waals surface area contributed by atoms with Crippen LogP contribution >= 0.6 is 11.6 Å². The van der Waals surface area contributed by atoms with Gasteiger partial charge in [-0.15, -0.1) is 0 Å². The molecule has 0 saturated carbocycles. The molecule has 35 heavy (non-hydrogen) atoms. The van der Waals surface area contributed by atoms with E-state index in [0.717, 1.165) is 5.01 Å². The van der Waals surface area contributed by atoms with Gasteiger partial charge in [0.1, 0.15) is 11.6 Å². The van der Waals surface area contributed by atoms with Gasteiger partial charge in [-0.05, 0) is 35.9 Å². The molecule has 4 aromatic rings. The molecule has 0 spiro atoms. The minimum atomic E-state index is -3.00. The van der Waals surface area contributed by atoms with Crippen LogP contribution < -0.4 is 10.5 Å². The maximum absolute atomic E-state index is 13.6. The molecule has 0 aliphatic rings. The SMILES string of the molecule is CC(=O)N(C)N(Cc1ccc(OC(F)F)cc1Cl)C(=O)c1ccc2nc(N)c3cnn(C)c3c2c1. The summed E-state index contributed by atoms with van der Waals surface area (Å²) in [6.07, 6.45) is 1.60. The quantitative estimate of drug-likeness (QED) is 0.413. The van der Waals surface area contributed by atoms with Crippen molar-refractivity contribution in [1.82, 2.24) is 24.8 Å². The molecule has 2 aromatic carbocycles. The monoisotopic (exact) mass is 502 g/mol. The van der Waals surface area contributed by atoms with Gasteiger partial charge in [0.05, 0.1) is 29.2 Å². The standard InChI is InChI=1S/C23H21ClF2N6O3/c1-12(33)31(3)32(11-14-4-6-15(9-18(14)24)35-23(25)26)22(34)13-5-7-19-16(8-13)20-17(21(27)29-19)10-28-30(20)2/h4-10,23H,11H2,1-3H3,(H2,27,29). The first-order chi connectivity index (χ1) is 16.6. The molecule has 2 N–H and O–H groups in total. The van der Waals surface area contributed by atoms with E-state index >= 15 is 0 Å². The molecule has 2 aromatic heterocycles. The summed E-state index contributed by atoms with van der Waals surface area (Å²) in [6, 6.07) is 8.92. The number of alkyl halides is 2. The molecule has 0 unspecified atom stereocenters. The van der Waals surface area contributed by atoms with Crippen molar-refractivity contribution in [2.24, 2.45) is 7.05 Å². The first kappa shape index (κ1) is 24.1. The van der Waals surface area contributed by atoms with Crippen LogP contribution in [0.2, 0.25) is 5.02 Å². The van der Waals surface area contributed by atoms with Gasteiger partial charge in [-0.3, -0.25) is 19.3 Å². The Morgan fingerprint density at radius 1 is 1.20 bits per heavy atom. The molecule has 4 rings (SSSR count). The largest absolute Gasteiger partial charge is 0.435 e. The Balaban J connectivity index is 1.74. The van der Waals surface area contributed by atoms with Crippen molar-refractivity contribution in [3.05, 3.63) is 58.7 Å². The van der Waals surface area contributed by atoms with Crippen LogP contribution in [0, 0.1) is 0 Å². The Bertz CT molecular complexity index is 1460. The molecule has 9 nitrogen and oxygen atoms in total. The topological polar surface area (TPSA) is 107 Å². The number of halogens is 3. The second-order valence-corrected chi connectivity index (χ2v) is 8.20. The molecule has 0 bridgehead atoms. The van der Waals surface area contributed by atoms with Crippen LogP contribution in [0.5, 0.6) is 5.75 Å². The number of nitrogens with two attached hydrogens (primary N) is 1. The Labute approximate surface area is 203 Å². The summed E-state index contributed by atoms with van der Waals surface area (Å²) in [4.78, 5) is 30.1. The number of ether oxygens (including phenoxy) is 1. The van der Waals surface area contributed by atoms with Gasteiger partial charge < -0.3 is 10.5 Å². The average molecular weight is 503 g/mol. The number of hydrogen-bond donors (Lipinski definition) is 1. The Hall–Kier alpha value is -3.99. The highest BCUT2D eigenvalue weighted by molar-refractivity contribution is 6.31. The van der Waals surface area contributed by atoms with Crippen LogP contribution in [-0.4, -0.2) is 50.3 Å². The molecule has 0 aliphatic heterocycles. The molecule has 2 heterocycles. The van der Waals surface area contributed by atoms with Gasteiger partial charge in [-0.2, -0.15) is 13.9 Å². The normalized spacial score (nSPS) is 11.3. The van der Waals surface area contributed by atoms with E-state index in [4.69, 9.17) is 17.3 Å². The van der Waals surface area contributed by atoms with Gasteiger partial charge in [-0.25, -0.2) is 9.99 Å². The highest BCUT2D eigenvalue weighted by Crippen LogP contribution is 2.29. The number of pyridine rings is 1. The van der Waals surface area contributed by atoms with Crippen LogP contribution in [0.25, 0.3) is 21.8 Å². The number of benzene rings is 2. The van der Waals surface area contributed by atoms with Gasteiger partial charge in [0.15, 0.2) is 0 Å². The number of hydrogen-bond acceptors (Lipinski definition) is 6. The predicted molar refractivity (Wildman–Crippen MR) is 127 cm³/mol. The number of carbonyl (C=O) groups is 2. The van der Waals surface area contributed by atoms with Gasteiger partial charge in [-0.1, -0.05) is 17.7 Å². The van der Waals surface area contributed by atoms with Crippen molar-refractivity contribution in [3.8, 4) is 5.75 Å². The fourth-order valence-corrected chi connectivity index (χ4v) is 3.95. The van der Waals surface area contributed by atoms with Crippen molar-refractivity contribution in [2.75, 3.05) is 12.8 Å². The number of anilines is 1. The lowest BCUT2D eigenvalue weighted by molar-refractivity contribution is -0.140. The van der Waals surface area contributed by atoms with Crippen LogP contribution in [0.1, 0.15) is 22.8 Å². The summed E-state index contributed by atoms with van der Waals surface area (Å²) >= 11 is 6.26. The molecule has 0 aliphatic carbocycles. The molecule has 182 valence electrons. The number of aryl methyl sites for hydroxylation is 1. The van der Waals surface area contributed by atoms with Crippen molar-refractivity contribution < 1.29 is 23.1 Å². The lowest BCUT2D eigenvalue weighted by Crippen LogP contribution is -2.46. The second kappa shape index (κ2) is 9.34. The van der Waals surface area contributed by atoms with E-state index in [1.165, 1.54) is 37.2 Å². The molecule has 0 atom stereocenters. The smallest absolute Gasteiger partial charge is 0.387 e. The zero-order valence-electron chi connectivity index (χ0n) is 19.0. The number of rotatable bonds is 5. The van der Waals surface area contributed by atoms with E-state index in [-0.39, 0.29) is 22.9 Å². The third-order valence-corrected chi connectivity index (χ3v) is 5.93. The third-order valence-electron chi connectivity index (χ3n) is 5.58. The predicted octanol–water partition coefficient (Wildman–Crippen LogP) is 3.99. The zero-order chi connectivity index (χ0) is 25.4. The molecule has 2 amide bonds. The van der Waals surface area contributed by atoms with E-state index in [1.807, 2.05) is 0 Å². The summed E-state index contributed by atoms with van der Waals surface area (Å²) in [6.45, 7) is -1.78. The maximum Gasteiger partial charge on any atom is 0.387 e. The zero-order valence-corrected chi connectivity index (χ0v) is 19.8. The lowest BCUT2D eigenvalue weighted by Gasteiger charge is -2.31. The van der Waals surface area contributed by atoms with Crippen molar-refractivity contribution in [1.29, 1.82) is 0 Å². The highest BCUT2D eigenvalue weighted by Gasteiger charge is 2.24. The summed E-state index contributed by atoms with van der Waals surface area (Å²) in [5, 5.41) is 8.03. The fraction of sp³-hybridized carbons (Fsp3) is 0.217. The number of nitrogens with zero attached hydrogens (tertiary/aromatic N) is 5. The molecule has 12 heteroatoms. The van der Waals surface area contributed by atoms with Gasteiger partial charge in [0.25, 0.3) is 5.91 Å². The van der Waals surface area contributed by atoms with Crippen molar-refractivity contribution >= 4 is 51.0 Å². The first-order valence-corrected chi connectivity index (χ1v) is 10.7. The molecule has 0 fully saturated rings. The van der Waals surface area contributed by atoms with E-state index in [1.54, 1.807) is 36.1 Å². The number of amides is 2. The molecule has 0 radical (unpaired) electrons.